The van der Waals surface area contributed by atoms with Gasteiger partial charge in [0.25, 0.3) is 0 Å². The lowest BCUT2D eigenvalue weighted by Gasteiger charge is -2.30. The Balaban J connectivity index is 2.18. The van der Waals surface area contributed by atoms with Crippen molar-refractivity contribution < 1.29 is 14.3 Å². The van der Waals surface area contributed by atoms with Gasteiger partial charge in [-0.3, -0.25) is 9.59 Å². The Kier molecular flexibility index (Phi) is 7.29. The molecule has 1 heterocycles. The number of carbonyl (C=O) groups is 2. The molecule has 1 fully saturated rings. The maximum absolute atomic E-state index is 12.8. The molecule has 0 bridgehead atoms. The lowest BCUT2D eigenvalue weighted by Crippen LogP contribution is -2.50. The van der Waals surface area contributed by atoms with Crippen LogP contribution in [0.5, 0.6) is 5.75 Å². The van der Waals surface area contributed by atoms with Crippen LogP contribution in [0.15, 0.2) is 24.3 Å². The molecular weight excluding hydrogens is 316 g/mol. The van der Waals surface area contributed by atoms with Crippen molar-refractivity contribution >= 4 is 11.8 Å². The molecule has 2 amide bonds. The lowest BCUT2D eigenvalue weighted by atomic mass is 10.1. The van der Waals surface area contributed by atoms with Crippen molar-refractivity contribution in [3.05, 3.63) is 29.8 Å². The fourth-order valence-corrected chi connectivity index (χ4v) is 3.32. The Morgan fingerprint density at radius 2 is 2.08 bits per heavy atom. The number of likely N-dealkylation sites (tertiary alicyclic amines) is 1. The first kappa shape index (κ1) is 19.3. The van der Waals surface area contributed by atoms with Crippen LogP contribution in [0.2, 0.25) is 0 Å². The van der Waals surface area contributed by atoms with Crippen molar-refractivity contribution in [2.45, 2.75) is 71.0 Å². The van der Waals surface area contributed by atoms with Gasteiger partial charge in [-0.1, -0.05) is 32.4 Å². The number of nitrogens with one attached hydrogen (secondary N) is 1. The Bertz CT molecular complexity index is 584. The van der Waals surface area contributed by atoms with Crippen LogP contribution >= 0.6 is 0 Å². The molecule has 2 rings (SSSR count). The summed E-state index contributed by atoms with van der Waals surface area (Å²) in [4.78, 5) is 27.2. The molecule has 1 aliphatic heterocycles. The second-order valence-electron chi connectivity index (χ2n) is 6.66. The third-order valence-corrected chi connectivity index (χ3v) is 4.94. The second kappa shape index (κ2) is 9.44. The van der Waals surface area contributed by atoms with E-state index in [1.54, 1.807) is 12.0 Å². The van der Waals surface area contributed by atoms with Gasteiger partial charge in [-0.15, -0.1) is 0 Å². The average molecular weight is 346 g/mol. The van der Waals surface area contributed by atoms with Gasteiger partial charge in [0.1, 0.15) is 11.8 Å². The molecule has 25 heavy (non-hydrogen) atoms. The van der Waals surface area contributed by atoms with Crippen molar-refractivity contribution in [2.75, 3.05) is 7.11 Å². The first-order chi connectivity index (χ1) is 12.1. The molecule has 0 aromatic heterocycles. The molecule has 0 unspecified atom stereocenters. The summed E-state index contributed by atoms with van der Waals surface area (Å²) in [6.45, 7) is 4.58. The van der Waals surface area contributed by atoms with E-state index >= 15 is 0 Å². The molecule has 0 radical (unpaired) electrons. The number of methoxy groups -OCH3 is 1. The minimum Gasteiger partial charge on any atom is -0.497 e. The Hall–Kier alpha value is -2.04. The van der Waals surface area contributed by atoms with Gasteiger partial charge in [0.15, 0.2) is 0 Å². The molecule has 0 aliphatic carbocycles. The van der Waals surface area contributed by atoms with E-state index < -0.39 is 0 Å². The van der Waals surface area contributed by atoms with E-state index in [-0.39, 0.29) is 23.9 Å². The molecule has 5 nitrogen and oxygen atoms in total. The molecule has 138 valence electrons. The van der Waals surface area contributed by atoms with Crippen molar-refractivity contribution in [1.29, 1.82) is 0 Å². The second-order valence-corrected chi connectivity index (χ2v) is 6.66. The fourth-order valence-electron chi connectivity index (χ4n) is 3.32. The SMILES string of the molecule is CCC(CC)NC(=O)[C@@H]1CCCCC(=O)N1Cc1cccc(OC)c1. The van der Waals surface area contributed by atoms with Crippen LogP contribution < -0.4 is 10.1 Å². The van der Waals surface area contributed by atoms with Crippen LogP contribution in [-0.4, -0.2) is 35.9 Å². The summed E-state index contributed by atoms with van der Waals surface area (Å²) in [5.41, 5.74) is 0.981. The van der Waals surface area contributed by atoms with E-state index in [0.717, 1.165) is 43.4 Å². The number of nitrogens with zero attached hydrogens (tertiary/aromatic N) is 1. The summed E-state index contributed by atoms with van der Waals surface area (Å²) in [6, 6.07) is 7.47. The van der Waals surface area contributed by atoms with Gasteiger partial charge in [0.05, 0.1) is 7.11 Å². The maximum Gasteiger partial charge on any atom is 0.243 e. The van der Waals surface area contributed by atoms with Gasteiger partial charge >= 0.3 is 0 Å². The van der Waals surface area contributed by atoms with Crippen LogP contribution in [0, 0.1) is 0 Å². The largest absolute Gasteiger partial charge is 0.497 e. The number of rotatable bonds is 7. The van der Waals surface area contributed by atoms with Gasteiger partial charge < -0.3 is 15.0 Å². The van der Waals surface area contributed by atoms with Gasteiger partial charge in [-0.05, 0) is 43.4 Å². The summed E-state index contributed by atoms with van der Waals surface area (Å²) in [5.74, 6) is 0.801. The zero-order valence-corrected chi connectivity index (χ0v) is 15.6. The van der Waals surface area contributed by atoms with Crippen molar-refractivity contribution in [3.63, 3.8) is 0 Å². The molecule has 1 aromatic carbocycles. The van der Waals surface area contributed by atoms with Crippen LogP contribution in [-0.2, 0) is 16.1 Å². The normalized spacial score (nSPS) is 18.2. The van der Waals surface area contributed by atoms with Gasteiger partial charge in [-0.25, -0.2) is 0 Å². The van der Waals surface area contributed by atoms with Gasteiger partial charge in [-0.2, -0.15) is 0 Å². The number of hydrogen-bond donors (Lipinski definition) is 1. The highest BCUT2D eigenvalue weighted by Gasteiger charge is 2.32. The van der Waals surface area contributed by atoms with Crippen molar-refractivity contribution in [3.8, 4) is 5.75 Å². The number of carbonyl (C=O) groups excluding carboxylic acids is 2. The minimum atomic E-state index is -0.387. The number of ether oxygens (including phenoxy) is 1. The smallest absolute Gasteiger partial charge is 0.243 e. The highest BCUT2D eigenvalue weighted by molar-refractivity contribution is 5.88. The maximum atomic E-state index is 12.8. The number of benzene rings is 1. The van der Waals surface area contributed by atoms with E-state index in [1.807, 2.05) is 24.3 Å². The molecule has 1 atom stereocenters. The van der Waals surface area contributed by atoms with Crippen LogP contribution in [0.3, 0.4) is 0 Å². The van der Waals surface area contributed by atoms with Crippen molar-refractivity contribution in [2.24, 2.45) is 0 Å². The molecular formula is C20H30N2O3. The highest BCUT2D eigenvalue weighted by atomic mass is 16.5. The predicted octanol–water partition coefficient (Wildman–Crippen LogP) is 3.27. The molecule has 1 N–H and O–H groups in total. The Morgan fingerprint density at radius 1 is 1.32 bits per heavy atom. The van der Waals surface area contributed by atoms with Crippen molar-refractivity contribution in [1.82, 2.24) is 10.2 Å². The summed E-state index contributed by atoms with van der Waals surface area (Å²) >= 11 is 0. The van der Waals surface area contributed by atoms with Gasteiger partial charge in [0, 0.05) is 19.0 Å². The van der Waals surface area contributed by atoms with E-state index in [0.29, 0.717) is 13.0 Å². The predicted molar refractivity (Wildman–Crippen MR) is 98.3 cm³/mol. The molecule has 1 aromatic rings. The van der Waals surface area contributed by atoms with Gasteiger partial charge in [0.2, 0.25) is 11.8 Å². The summed E-state index contributed by atoms with van der Waals surface area (Å²) in [5, 5.41) is 3.12. The monoisotopic (exact) mass is 346 g/mol. The minimum absolute atomic E-state index is 0.0214. The third kappa shape index (κ3) is 5.21. The summed E-state index contributed by atoms with van der Waals surface area (Å²) < 4.78 is 5.27. The summed E-state index contributed by atoms with van der Waals surface area (Å²) in [7, 11) is 1.63. The topological polar surface area (TPSA) is 58.6 Å². The van der Waals surface area contributed by atoms with Crippen LogP contribution in [0.1, 0.15) is 57.9 Å². The van der Waals surface area contributed by atoms with E-state index in [9.17, 15) is 9.59 Å². The average Bonchev–Trinajstić information content (AvgIpc) is 2.81. The Morgan fingerprint density at radius 3 is 2.76 bits per heavy atom. The van der Waals surface area contributed by atoms with E-state index in [4.69, 9.17) is 4.74 Å². The first-order valence-corrected chi connectivity index (χ1v) is 9.31. The third-order valence-electron chi connectivity index (χ3n) is 4.94. The van der Waals surface area contributed by atoms with Crippen LogP contribution in [0.4, 0.5) is 0 Å². The highest BCUT2D eigenvalue weighted by Crippen LogP contribution is 2.22. The molecule has 1 saturated heterocycles. The first-order valence-electron chi connectivity index (χ1n) is 9.31. The van der Waals surface area contributed by atoms with E-state index in [1.165, 1.54) is 0 Å². The zero-order valence-electron chi connectivity index (χ0n) is 15.6. The molecule has 1 aliphatic rings. The molecule has 0 saturated carbocycles. The number of hydrogen-bond acceptors (Lipinski definition) is 3. The molecule has 0 spiro atoms. The quantitative estimate of drug-likeness (QED) is 0.824. The lowest BCUT2D eigenvalue weighted by molar-refractivity contribution is -0.140. The summed E-state index contributed by atoms with van der Waals surface area (Å²) in [6.07, 6.45) is 4.79. The molecule has 5 heteroatoms. The zero-order chi connectivity index (χ0) is 18.2. The standard InChI is InChI=1S/C20H30N2O3/c1-4-16(5-2)21-20(24)18-11-6-7-12-19(23)22(18)14-15-9-8-10-17(13-15)25-3/h8-10,13,16,18H,4-7,11-12,14H2,1-3H3,(H,21,24)/t18-/m0/s1. The number of amides is 2. The van der Waals surface area contributed by atoms with E-state index in [2.05, 4.69) is 19.2 Å². The van der Waals surface area contributed by atoms with Crippen LogP contribution in [0.25, 0.3) is 0 Å². The fraction of sp³-hybridized carbons (Fsp3) is 0.600. The Labute approximate surface area is 150 Å².